The fraction of sp³-hybridized carbons (Fsp3) is 0.500. The van der Waals surface area contributed by atoms with Gasteiger partial charge in [0.25, 0.3) is 0 Å². The van der Waals surface area contributed by atoms with Crippen LogP contribution in [0, 0.1) is 0 Å². The summed E-state index contributed by atoms with van der Waals surface area (Å²) in [5.41, 5.74) is -0.181. The average Bonchev–Trinajstić information content (AvgIpc) is 1.84. The molecule has 0 radical (unpaired) electrons. The molecule has 0 saturated carbocycles. The number of ether oxygens (including phenoxy) is 1. The van der Waals surface area contributed by atoms with Crippen LogP contribution in [-0.2, 0) is 9.53 Å². The number of alkyl halides is 3. The van der Waals surface area contributed by atoms with Gasteiger partial charge in [0, 0.05) is 5.57 Å². The highest BCUT2D eigenvalue weighted by atomic mass is 19.4. The van der Waals surface area contributed by atoms with E-state index in [0.717, 1.165) is 6.08 Å². The van der Waals surface area contributed by atoms with Gasteiger partial charge in [0.2, 0.25) is 0 Å². The first-order valence-electron chi connectivity index (χ1n) is 2.93. The maximum atomic E-state index is 11.3. The van der Waals surface area contributed by atoms with Crippen LogP contribution in [0.5, 0.6) is 0 Å². The lowest BCUT2D eigenvalue weighted by Crippen LogP contribution is -2.13. The van der Waals surface area contributed by atoms with Gasteiger partial charge in [-0.1, -0.05) is 0 Å². The van der Waals surface area contributed by atoms with E-state index in [9.17, 15) is 18.0 Å². The lowest BCUT2D eigenvalue weighted by atomic mass is 10.3. The summed E-state index contributed by atoms with van der Waals surface area (Å²) in [4.78, 5) is 10.0. The Hall–Kier alpha value is -1.04. The van der Waals surface area contributed by atoms with Crippen LogP contribution >= 0.6 is 0 Å². The van der Waals surface area contributed by atoms with Gasteiger partial charge in [-0.3, -0.25) is 4.74 Å². The second-order valence-electron chi connectivity index (χ2n) is 1.95. The Labute approximate surface area is 66.4 Å². The van der Waals surface area contributed by atoms with Gasteiger partial charge in [0.1, 0.15) is 0 Å². The molecule has 70 valence electrons. The van der Waals surface area contributed by atoms with Crippen molar-refractivity contribution in [1.82, 2.24) is 0 Å². The summed E-state index contributed by atoms with van der Waals surface area (Å²) >= 11 is 0. The lowest BCUT2D eigenvalue weighted by molar-refractivity contribution is -0.319. The summed E-state index contributed by atoms with van der Waals surface area (Å²) in [5.74, 6) is -1.26. The van der Waals surface area contributed by atoms with Gasteiger partial charge in [0.15, 0.2) is 0 Å². The molecule has 0 atom stereocenters. The third-order valence-corrected chi connectivity index (χ3v) is 0.974. The Balaban J connectivity index is 3.83. The van der Waals surface area contributed by atoms with Crippen molar-refractivity contribution in [3.05, 3.63) is 11.6 Å². The summed E-state index contributed by atoms with van der Waals surface area (Å²) < 4.78 is 37.2. The quantitative estimate of drug-likeness (QED) is 0.677. The summed E-state index contributed by atoms with van der Waals surface area (Å²) in [5, 5.41) is 8.21. The molecule has 0 aliphatic carbocycles. The Kier molecular flexibility index (Phi) is 3.75. The number of rotatable bonds is 3. The van der Waals surface area contributed by atoms with Gasteiger partial charge in [-0.05, 0) is 13.0 Å². The number of carboxylic acid groups (broad SMARTS) is 1. The van der Waals surface area contributed by atoms with Crippen LogP contribution in [0.15, 0.2) is 11.6 Å². The molecule has 0 aromatic heterocycles. The van der Waals surface area contributed by atoms with Crippen molar-refractivity contribution in [3.63, 3.8) is 0 Å². The molecule has 6 heteroatoms. The van der Waals surface area contributed by atoms with Crippen molar-refractivity contribution in [2.75, 3.05) is 6.61 Å². The molecule has 0 unspecified atom stereocenters. The Morgan fingerprint density at radius 3 is 2.42 bits per heavy atom. The molecule has 0 heterocycles. The van der Waals surface area contributed by atoms with Gasteiger partial charge in [0.05, 0.1) is 6.61 Å². The van der Waals surface area contributed by atoms with Crippen molar-refractivity contribution in [1.29, 1.82) is 0 Å². The minimum atomic E-state index is -4.71. The first kappa shape index (κ1) is 11.0. The van der Waals surface area contributed by atoms with E-state index >= 15 is 0 Å². The highest BCUT2D eigenvalue weighted by Crippen LogP contribution is 2.15. The fourth-order valence-electron chi connectivity index (χ4n) is 0.348. The largest absolute Gasteiger partial charge is 0.522 e. The van der Waals surface area contributed by atoms with E-state index in [2.05, 4.69) is 4.74 Å². The number of hydrogen-bond acceptors (Lipinski definition) is 2. The van der Waals surface area contributed by atoms with E-state index in [4.69, 9.17) is 5.11 Å². The molecule has 12 heavy (non-hydrogen) atoms. The van der Waals surface area contributed by atoms with Crippen molar-refractivity contribution in [2.45, 2.75) is 13.3 Å². The predicted octanol–water partition coefficient (Wildman–Crippen LogP) is 1.55. The molecule has 0 amide bonds. The van der Waals surface area contributed by atoms with Crippen molar-refractivity contribution >= 4 is 5.97 Å². The third-order valence-electron chi connectivity index (χ3n) is 0.974. The standard InChI is InChI=1S/C6H7F3O3/c1-4(5(10)11)2-3-12-6(7,8)9/h2H,3H2,1H3,(H,10,11). The molecule has 0 rings (SSSR count). The highest BCUT2D eigenvalue weighted by Gasteiger charge is 2.28. The van der Waals surface area contributed by atoms with Crippen LogP contribution < -0.4 is 0 Å². The average molecular weight is 184 g/mol. The Bertz CT molecular complexity index is 195. The lowest BCUT2D eigenvalue weighted by Gasteiger charge is -2.03. The van der Waals surface area contributed by atoms with Crippen molar-refractivity contribution in [2.24, 2.45) is 0 Å². The van der Waals surface area contributed by atoms with Crippen molar-refractivity contribution < 1.29 is 27.8 Å². The Morgan fingerprint density at radius 1 is 1.58 bits per heavy atom. The number of aliphatic carboxylic acids is 1. The van der Waals surface area contributed by atoms with E-state index < -0.39 is 18.9 Å². The topological polar surface area (TPSA) is 46.5 Å². The SMILES string of the molecule is CC(=CCOC(F)(F)F)C(=O)O. The smallest absolute Gasteiger partial charge is 0.478 e. The molecule has 0 aromatic rings. The first-order chi connectivity index (χ1) is 5.33. The maximum absolute atomic E-state index is 11.3. The monoisotopic (exact) mass is 184 g/mol. The number of halogens is 3. The molecule has 0 spiro atoms. The normalized spacial score (nSPS) is 13.2. The molecule has 3 nitrogen and oxygen atoms in total. The van der Waals surface area contributed by atoms with Gasteiger partial charge < -0.3 is 5.11 Å². The fourth-order valence-corrected chi connectivity index (χ4v) is 0.348. The number of carbonyl (C=O) groups is 1. The van der Waals surface area contributed by atoms with E-state index in [-0.39, 0.29) is 5.57 Å². The van der Waals surface area contributed by atoms with E-state index in [1.807, 2.05) is 0 Å². The van der Waals surface area contributed by atoms with Crippen molar-refractivity contribution in [3.8, 4) is 0 Å². The number of carboxylic acids is 1. The summed E-state index contributed by atoms with van der Waals surface area (Å²) in [7, 11) is 0. The van der Waals surface area contributed by atoms with Crippen LogP contribution in [0.1, 0.15) is 6.92 Å². The Morgan fingerprint density at radius 2 is 2.08 bits per heavy atom. The zero-order valence-corrected chi connectivity index (χ0v) is 6.18. The zero-order chi connectivity index (χ0) is 9.78. The minimum absolute atomic E-state index is 0.181. The van der Waals surface area contributed by atoms with Gasteiger partial charge in [-0.15, -0.1) is 13.2 Å². The van der Waals surface area contributed by atoms with E-state index in [0.29, 0.717) is 0 Å². The van der Waals surface area contributed by atoms with Gasteiger partial charge in [-0.2, -0.15) is 0 Å². The zero-order valence-electron chi connectivity index (χ0n) is 6.18. The molecule has 0 bridgehead atoms. The second kappa shape index (κ2) is 4.10. The number of hydrogen-bond donors (Lipinski definition) is 1. The highest BCUT2D eigenvalue weighted by molar-refractivity contribution is 5.85. The first-order valence-corrected chi connectivity index (χ1v) is 2.93. The van der Waals surface area contributed by atoms with Crippen LogP contribution in [0.3, 0.4) is 0 Å². The molecule has 0 fully saturated rings. The molecule has 0 aromatic carbocycles. The summed E-state index contributed by atoms with van der Waals surface area (Å²) in [6.07, 6.45) is -3.87. The van der Waals surface area contributed by atoms with Crippen LogP contribution in [-0.4, -0.2) is 24.0 Å². The second-order valence-corrected chi connectivity index (χ2v) is 1.95. The molecule has 0 aliphatic rings. The maximum Gasteiger partial charge on any atom is 0.522 e. The molecular formula is C6H7F3O3. The van der Waals surface area contributed by atoms with Gasteiger partial charge >= 0.3 is 12.3 Å². The van der Waals surface area contributed by atoms with Crippen LogP contribution in [0.25, 0.3) is 0 Å². The van der Waals surface area contributed by atoms with Gasteiger partial charge in [-0.25, -0.2) is 4.79 Å². The molecular weight excluding hydrogens is 177 g/mol. The summed E-state index contributed by atoms with van der Waals surface area (Å²) in [6, 6.07) is 0. The molecule has 1 N–H and O–H groups in total. The summed E-state index contributed by atoms with van der Waals surface area (Å²) in [6.45, 7) is 0.406. The van der Waals surface area contributed by atoms with Crippen LogP contribution in [0.2, 0.25) is 0 Å². The third kappa shape index (κ3) is 5.72. The van der Waals surface area contributed by atoms with E-state index in [1.54, 1.807) is 0 Å². The predicted molar refractivity (Wildman–Crippen MR) is 33.4 cm³/mol. The molecule has 0 saturated heterocycles. The van der Waals surface area contributed by atoms with Crippen LogP contribution in [0.4, 0.5) is 13.2 Å². The van der Waals surface area contributed by atoms with E-state index in [1.165, 1.54) is 6.92 Å². The minimum Gasteiger partial charge on any atom is -0.478 e. The molecule has 0 aliphatic heterocycles.